The fourth-order valence-corrected chi connectivity index (χ4v) is 2.58. The summed E-state index contributed by atoms with van der Waals surface area (Å²) >= 11 is 1.41. The summed E-state index contributed by atoms with van der Waals surface area (Å²) in [5.74, 6) is 1.24. The molecule has 6 nitrogen and oxygen atoms in total. The number of aromatic nitrogens is 4. The summed E-state index contributed by atoms with van der Waals surface area (Å²) < 4.78 is 5.20. The van der Waals surface area contributed by atoms with Crippen LogP contribution in [0.4, 0.5) is 0 Å². The van der Waals surface area contributed by atoms with E-state index in [0.717, 1.165) is 25.0 Å². The highest BCUT2D eigenvalue weighted by Crippen LogP contribution is 2.31. The lowest BCUT2D eigenvalue weighted by Gasteiger charge is -2.06. The van der Waals surface area contributed by atoms with Gasteiger partial charge in [-0.15, -0.1) is 0 Å². The molecule has 2 aromatic heterocycles. The second-order valence-corrected chi connectivity index (χ2v) is 5.78. The predicted molar refractivity (Wildman–Crippen MR) is 76.8 cm³/mol. The third kappa shape index (κ3) is 3.69. The van der Waals surface area contributed by atoms with Gasteiger partial charge < -0.3 is 9.51 Å². The van der Waals surface area contributed by atoms with Gasteiger partial charge in [0.05, 0.1) is 5.25 Å². The van der Waals surface area contributed by atoms with Crippen molar-refractivity contribution in [3.05, 3.63) is 33.8 Å². The molecule has 7 heteroatoms. The number of nitrogens with one attached hydrogen (secondary N) is 1. The molecule has 0 radical (unpaired) electrons. The van der Waals surface area contributed by atoms with Gasteiger partial charge in [-0.05, 0) is 13.3 Å². The number of H-pyrrole nitrogens is 1. The highest BCUT2D eigenvalue weighted by molar-refractivity contribution is 7.99. The second kappa shape index (κ2) is 6.69. The Kier molecular flexibility index (Phi) is 4.94. The standard InChI is InChI=1S/C13H18N4O2S/c1-4-6-9-7-11(18)16-13(14-9)20-8(3)12-15-10(5-2)17-19-12/h7-8H,4-6H2,1-3H3,(H,14,16,18). The van der Waals surface area contributed by atoms with E-state index in [0.29, 0.717) is 16.9 Å². The molecule has 1 atom stereocenters. The van der Waals surface area contributed by atoms with Gasteiger partial charge in [0.15, 0.2) is 11.0 Å². The molecule has 0 aromatic carbocycles. The zero-order valence-corrected chi connectivity index (χ0v) is 12.7. The van der Waals surface area contributed by atoms with Crippen LogP contribution in [0.15, 0.2) is 20.5 Å². The number of thioether (sulfide) groups is 1. The molecule has 1 N–H and O–H groups in total. The molecule has 0 bridgehead atoms. The summed E-state index contributed by atoms with van der Waals surface area (Å²) in [5.41, 5.74) is 0.684. The van der Waals surface area contributed by atoms with Crippen LogP contribution in [0, 0.1) is 0 Å². The fraction of sp³-hybridized carbons (Fsp3) is 0.538. The summed E-state index contributed by atoms with van der Waals surface area (Å²) in [5, 5.41) is 4.40. The Labute approximate surface area is 121 Å². The van der Waals surface area contributed by atoms with Crippen LogP contribution in [-0.4, -0.2) is 20.1 Å². The number of aromatic amines is 1. The monoisotopic (exact) mass is 294 g/mol. The van der Waals surface area contributed by atoms with Crippen molar-refractivity contribution in [2.45, 2.75) is 50.4 Å². The first-order valence-electron chi connectivity index (χ1n) is 6.71. The quantitative estimate of drug-likeness (QED) is 0.651. The molecule has 2 heterocycles. The average molecular weight is 294 g/mol. The molecule has 0 amide bonds. The fourth-order valence-electron chi connectivity index (χ4n) is 1.72. The van der Waals surface area contributed by atoms with Crippen molar-refractivity contribution in [1.29, 1.82) is 0 Å². The van der Waals surface area contributed by atoms with Crippen molar-refractivity contribution < 1.29 is 4.52 Å². The average Bonchev–Trinajstić information content (AvgIpc) is 2.87. The van der Waals surface area contributed by atoms with Crippen molar-refractivity contribution >= 4 is 11.8 Å². The van der Waals surface area contributed by atoms with Crippen LogP contribution < -0.4 is 5.56 Å². The van der Waals surface area contributed by atoms with Crippen molar-refractivity contribution in [1.82, 2.24) is 20.1 Å². The number of hydrogen-bond acceptors (Lipinski definition) is 6. The van der Waals surface area contributed by atoms with Gasteiger partial charge in [-0.2, -0.15) is 4.98 Å². The Morgan fingerprint density at radius 1 is 1.40 bits per heavy atom. The van der Waals surface area contributed by atoms with Gasteiger partial charge in [-0.3, -0.25) is 4.79 Å². The van der Waals surface area contributed by atoms with E-state index in [1.165, 1.54) is 11.8 Å². The first-order chi connectivity index (χ1) is 9.62. The van der Waals surface area contributed by atoms with E-state index >= 15 is 0 Å². The van der Waals surface area contributed by atoms with E-state index < -0.39 is 0 Å². The maximum absolute atomic E-state index is 11.6. The number of aryl methyl sites for hydroxylation is 2. The van der Waals surface area contributed by atoms with Crippen LogP contribution in [0.3, 0.4) is 0 Å². The molecule has 2 aromatic rings. The van der Waals surface area contributed by atoms with E-state index in [2.05, 4.69) is 27.0 Å². The minimum atomic E-state index is -0.127. The number of rotatable bonds is 6. The van der Waals surface area contributed by atoms with Crippen molar-refractivity contribution in [2.24, 2.45) is 0 Å². The molecule has 0 fully saturated rings. The molecular formula is C13H18N4O2S. The van der Waals surface area contributed by atoms with Crippen LogP contribution in [0.1, 0.15) is 49.9 Å². The minimum Gasteiger partial charge on any atom is -0.338 e. The molecule has 0 aliphatic carbocycles. The highest BCUT2D eigenvalue weighted by Gasteiger charge is 2.16. The maximum Gasteiger partial charge on any atom is 0.251 e. The van der Waals surface area contributed by atoms with Gasteiger partial charge in [-0.25, -0.2) is 4.98 Å². The first kappa shape index (κ1) is 14.8. The van der Waals surface area contributed by atoms with E-state index in [9.17, 15) is 4.79 Å². The largest absolute Gasteiger partial charge is 0.338 e. The van der Waals surface area contributed by atoms with Crippen molar-refractivity contribution in [2.75, 3.05) is 0 Å². The van der Waals surface area contributed by atoms with Crippen molar-refractivity contribution in [3.63, 3.8) is 0 Å². The third-order valence-electron chi connectivity index (χ3n) is 2.72. The molecular weight excluding hydrogens is 276 g/mol. The van der Waals surface area contributed by atoms with Gasteiger partial charge in [0.25, 0.3) is 5.56 Å². The predicted octanol–water partition coefficient (Wildman–Crippen LogP) is 2.52. The van der Waals surface area contributed by atoms with Crippen LogP contribution in [0.5, 0.6) is 0 Å². The summed E-state index contributed by atoms with van der Waals surface area (Å²) in [7, 11) is 0. The zero-order chi connectivity index (χ0) is 14.5. The summed E-state index contributed by atoms with van der Waals surface area (Å²) in [4.78, 5) is 23.0. The topological polar surface area (TPSA) is 84.7 Å². The Morgan fingerprint density at radius 3 is 2.85 bits per heavy atom. The van der Waals surface area contributed by atoms with E-state index in [4.69, 9.17) is 4.52 Å². The Balaban J connectivity index is 2.14. The smallest absolute Gasteiger partial charge is 0.251 e. The molecule has 2 rings (SSSR count). The second-order valence-electron chi connectivity index (χ2n) is 4.45. The summed E-state index contributed by atoms with van der Waals surface area (Å²) in [6.07, 6.45) is 2.49. The Morgan fingerprint density at radius 2 is 2.20 bits per heavy atom. The maximum atomic E-state index is 11.6. The lowest BCUT2D eigenvalue weighted by Crippen LogP contribution is -2.10. The van der Waals surface area contributed by atoms with Crippen LogP contribution in [0.2, 0.25) is 0 Å². The van der Waals surface area contributed by atoms with Gasteiger partial charge >= 0.3 is 0 Å². The molecule has 108 valence electrons. The SMILES string of the molecule is CCCc1cc(=O)[nH]c(SC(C)c2nc(CC)no2)n1. The van der Waals surface area contributed by atoms with Gasteiger partial charge in [0, 0.05) is 18.2 Å². The third-order valence-corrected chi connectivity index (χ3v) is 3.69. The van der Waals surface area contributed by atoms with Crippen LogP contribution in [0.25, 0.3) is 0 Å². The molecule has 0 saturated carbocycles. The zero-order valence-electron chi connectivity index (χ0n) is 11.8. The molecule has 0 aliphatic rings. The summed E-state index contributed by atoms with van der Waals surface area (Å²) in [6.45, 7) is 5.98. The van der Waals surface area contributed by atoms with Crippen molar-refractivity contribution in [3.8, 4) is 0 Å². The summed E-state index contributed by atoms with van der Waals surface area (Å²) in [6, 6.07) is 1.54. The van der Waals surface area contributed by atoms with E-state index in [1.54, 1.807) is 6.07 Å². The molecule has 0 saturated heterocycles. The van der Waals surface area contributed by atoms with E-state index in [1.807, 2.05) is 13.8 Å². The van der Waals surface area contributed by atoms with E-state index in [-0.39, 0.29) is 10.8 Å². The Hall–Kier alpha value is -1.63. The molecule has 0 aliphatic heterocycles. The van der Waals surface area contributed by atoms with Gasteiger partial charge in [0.1, 0.15) is 0 Å². The van der Waals surface area contributed by atoms with Gasteiger partial charge in [0.2, 0.25) is 5.89 Å². The molecule has 1 unspecified atom stereocenters. The van der Waals surface area contributed by atoms with Crippen LogP contribution >= 0.6 is 11.8 Å². The van der Waals surface area contributed by atoms with Crippen LogP contribution in [-0.2, 0) is 12.8 Å². The number of nitrogens with zero attached hydrogens (tertiary/aromatic N) is 3. The molecule has 0 spiro atoms. The number of hydrogen-bond donors (Lipinski definition) is 1. The lowest BCUT2D eigenvalue weighted by molar-refractivity contribution is 0.375. The lowest BCUT2D eigenvalue weighted by atomic mass is 10.2. The normalized spacial score (nSPS) is 12.6. The minimum absolute atomic E-state index is 0.0529. The Bertz CT molecular complexity index is 623. The first-order valence-corrected chi connectivity index (χ1v) is 7.59. The van der Waals surface area contributed by atoms with Gasteiger partial charge in [-0.1, -0.05) is 37.2 Å². The highest BCUT2D eigenvalue weighted by atomic mass is 32.2. The molecule has 20 heavy (non-hydrogen) atoms.